The number of fused-ring (bicyclic) bond motifs is 2. The van der Waals surface area contributed by atoms with E-state index in [9.17, 15) is 9.59 Å². The molecule has 2 rings (SSSR count). The van der Waals surface area contributed by atoms with Gasteiger partial charge in [0.1, 0.15) is 0 Å². The van der Waals surface area contributed by atoms with Gasteiger partial charge in [0.2, 0.25) is 12.2 Å². The standard InChI is InChI=1S/C11H14N2O2/c14-7-12-4-3-11-2-1-9(5-11)10(6-11)13-8-15/h9-10H,1-6H2. The summed E-state index contributed by atoms with van der Waals surface area (Å²) in [5, 5.41) is 0. The second-order valence-electron chi connectivity index (χ2n) is 4.72. The molecule has 2 saturated carbocycles. The summed E-state index contributed by atoms with van der Waals surface area (Å²) in [4.78, 5) is 27.7. The molecule has 2 bridgehead atoms. The summed E-state index contributed by atoms with van der Waals surface area (Å²) in [6.07, 6.45) is 8.63. The summed E-state index contributed by atoms with van der Waals surface area (Å²) >= 11 is 0. The summed E-state index contributed by atoms with van der Waals surface area (Å²) < 4.78 is 0. The van der Waals surface area contributed by atoms with Crippen LogP contribution in [0, 0.1) is 11.3 Å². The van der Waals surface area contributed by atoms with Crippen molar-refractivity contribution in [3.05, 3.63) is 0 Å². The molecule has 0 aromatic carbocycles. The van der Waals surface area contributed by atoms with E-state index < -0.39 is 0 Å². The number of hydrogen-bond acceptors (Lipinski definition) is 4. The predicted molar refractivity (Wildman–Crippen MR) is 53.9 cm³/mol. The number of nitrogens with zero attached hydrogens (tertiary/aromatic N) is 2. The summed E-state index contributed by atoms with van der Waals surface area (Å²) in [5.41, 5.74) is 0.288. The molecule has 0 heterocycles. The summed E-state index contributed by atoms with van der Waals surface area (Å²) in [6, 6.07) is 0.177. The maximum Gasteiger partial charge on any atom is 0.235 e. The molecule has 2 aliphatic rings. The fraction of sp³-hybridized carbons (Fsp3) is 0.818. The van der Waals surface area contributed by atoms with E-state index >= 15 is 0 Å². The molecule has 0 spiro atoms. The quantitative estimate of drug-likeness (QED) is 0.518. The summed E-state index contributed by atoms with van der Waals surface area (Å²) in [7, 11) is 0. The Labute approximate surface area is 88.5 Å². The monoisotopic (exact) mass is 206 g/mol. The maximum atomic E-state index is 10.2. The third kappa shape index (κ3) is 1.92. The Balaban J connectivity index is 1.99. The zero-order chi connectivity index (χ0) is 10.7. The highest BCUT2D eigenvalue weighted by atomic mass is 16.1. The lowest BCUT2D eigenvalue weighted by Crippen LogP contribution is -2.21. The highest BCUT2D eigenvalue weighted by molar-refractivity contribution is 5.34. The first-order valence-electron chi connectivity index (χ1n) is 5.40. The Morgan fingerprint density at radius 1 is 1.27 bits per heavy atom. The van der Waals surface area contributed by atoms with Crippen molar-refractivity contribution < 1.29 is 9.59 Å². The van der Waals surface area contributed by atoms with Gasteiger partial charge in [0.15, 0.2) is 0 Å². The Morgan fingerprint density at radius 2 is 2.13 bits per heavy atom. The fourth-order valence-electron chi connectivity index (χ4n) is 3.26. The molecule has 0 N–H and O–H groups in total. The van der Waals surface area contributed by atoms with Crippen LogP contribution in [0.15, 0.2) is 9.98 Å². The molecule has 80 valence electrons. The molecule has 0 amide bonds. The van der Waals surface area contributed by atoms with Crippen molar-refractivity contribution in [2.24, 2.45) is 21.3 Å². The first kappa shape index (κ1) is 10.3. The average Bonchev–Trinajstić information content (AvgIpc) is 2.76. The van der Waals surface area contributed by atoms with Crippen LogP contribution >= 0.6 is 0 Å². The zero-order valence-corrected chi connectivity index (χ0v) is 8.61. The van der Waals surface area contributed by atoms with Crippen LogP contribution in [0.4, 0.5) is 0 Å². The smallest absolute Gasteiger partial charge is 0.211 e. The molecule has 3 unspecified atom stereocenters. The van der Waals surface area contributed by atoms with E-state index in [4.69, 9.17) is 0 Å². The first-order valence-corrected chi connectivity index (χ1v) is 5.40. The van der Waals surface area contributed by atoms with Gasteiger partial charge in [0.05, 0.1) is 12.6 Å². The molecule has 0 aliphatic heterocycles. The second-order valence-corrected chi connectivity index (χ2v) is 4.72. The van der Waals surface area contributed by atoms with Crippen molar-refractivity contribution in [2.45, 2.75) is 38.1 Å². The molecule has 0 aromatic heterocycles. The number of isocyanates is 2. The van der Waals surface area contributed by atoms with Gasteiger partial charge in [-0.2, -0.15) is 0 Å². The minimum Gasteiger partial charge on any atom is -0.211 e. The molecule has 0 saturated heterocycles. The third-order valence-electron chi connectivity index (χ3n) is 3.96. The first-order chi connectivity index (χ1) is 7.29. The topological polar surface area (TPSA) is 58.9 Å². The van der Waals surface area contributed by atoms with Crippen molar-refractivity contribution in [1.29, 1.82) is 0 Å². The van der Waals surface area contributed by atoms with Crippen LogP contribution < -0.4 is 0 Å². The maximum absolute atomic E-state index is 10.2. The molecular formula is C11H14N2O2. The van der Waals surface area contributed by atoms with Crippen molar-refractivity contribution in [1.82, 2.24) is 0 Å². The Bertz CT molecular complexity index is 342. The average molecular weight is 206 g/mol. The van der Waals surface area contributed by atoms with Crippen molar-refractivity contribution >= 4 is 12.2 Å². The van der Waals surface area contributed by atoms with E-state index in [1.165, 1.54) is 6.42 Å². The SMILES string of the molecule is O=C=NCCC12CCC(C1)C(N=C=O)C2. The van der Waals surface area contributed by atoms with Crippen LogP contribution in [0.2, 0.25) is 0 Å². The molecular weight excluding hydrogens is 192 g/mol. The number of hydrogen-bond donors (Lipinski definition) is 0. The van der Waals surface area contributed by atoms with Crippen LogP contribution in [0.25, 0.3) is 0 Å². The molecule has 4 nitrogen and oxygen atoms in total. The van der Waals surface area contributed by atoms with Gasteiger partial charge in [-0.25, -0.2) is 19.6 Å². The second kappa shape index (κ2) is 4.09. The van der Waals surface area contributed by atoms with Crippen LogP contribution in [0.3, 0.4) is 0 Å². The normalized spacial score (nSPS) is 37.1. The van der Waals surface area contributed by atoms with E-state index in [0.717, 1.165) is 25.7 Å². The van der Waals surface area contributed by atoms with Crippen LogP contribution in [-0.4, -0.2) is 24.7 Å². The molecule has 3 atom stereocenters. The Morgan fingerprint density at radius 3 is 2.87 bits per heavy atom. The number of rotatable bonds is 4. The minimum atomic E-state index is 0.177. The molecule has 2 aliphatic carbocycles. The van der Waals surface area contributed by atoms with Crippen molar-refractivity contribution in [3.63, 3.8) is 0 Å². The lowest BCUT2D eigenvalue weighted by molar-refractivity contribution is 0.263. The molecule has 0 radical (unpaired) electrons. The van der Waals surface area contributed by atoms with Crippen LogP contribution in [-0.2, 0) is 9.59 Å². The van der Waals surface area contributed by atoms with E-state index in [1.807, 2.05) is 0 Å². The van der Waals surface area contributed by atoms with Gasteiger partial charge < -0.3 is 0 Å². The van der Waals surface area contributed by atoms with Gasteiger partial charge in [-0.15, -0.1) is 0 Å². The van der Waals surface area contributed by atoms with Crippen molar-refractivity contribution in [3.8, 4) is 0 Å². The predicted octanol–water partition coefficient (Wildman–Crippen LogP) is 1.61. The summed E-state index contributed by atoms with van der Waals surface area (Å²) in [6.45, 7) is 0.563. The Kier molecular flexibility index (Phi) is 2.81. The van der Waals surface area contributed by atoms with Crippen molar-refractivity contribution in [2.75, 3.05) is 6.54 Å². The van der Waals surface area contributed by atoms with E-state index in [0.29, 0.717) is 12.5 Å². The van der Waals surface area contributed by atoms with Gasteiger partial charge in [-0.3, -0.25) is 0 Å². The van der Waals surface area contributed by atoms with Gasteiger partial charge >= 0.3 is 0 Å². The summed E-state index contributed by atoms with van der Waals surface area (Å²) in [5.74, 6) is 0.562. The minimum absolute atomic E-state index is 0.177. The highest BCUT2D eigenvalue weighted by Gasteiger charge is 2.50. The van der Waals surface area contributed by atoms with Gasteiger partial charge in [0.25, 0.3) is 0 Å². The van der Waals surface area contributed by atoms with Gasteiger partial charge in [-0.1, -0.05) is 0 Å². The number of aliphatic imine (C=N–C) groups is 2. The lowest BCUT2D eigenvalue weighted by atomic mass is 9.80. The highest BCUT2D eigenvalue weighted by Crippen LogP contribution is 2.56. The van der Waals surface area contributed by atoms with E-state index in [2.05, 4.69) is 9.98 Å². The fourth-order valence-corrected chi connectivity index (χ4v) is 3.26. The Hall–Kier alpha value is -1.24. The molecule has 15 heavy (non-hydrogen) atoms. The van der Waals surface area contributed by atoms with Crippen LogP contribution in [0.1, 0.15) is 32.1 Å². The molecule has 2 fully saturated rings. The molecule has 0 aromatic rings. The zero-order valence-electron chi connectivity index (χ0n) is 8.61. The van der Waals surface area contributed by atoms with Gasteiger partial charge in [-0.05, 0) is 43.4 Å². The van der Waals surface area contributed by atoms with E-state index in [1.54, 1.807) is 12.2 Å². The van der Waals surface area contributed by atoms with E-state index in [-0.39, 0.29) is 11.5 Å². The molecule has 4 heteroatoms. The van der Waals surface area contributed by atoms with Crippen LogP contribution in [0.5, 0.6) is 0 Å². The largest absolute Gasteiger partial charge is 0.235 e. The third-order valence-corrected chi connectivity index (χ3v) is 3.96. The van der Waals surface area contributed by atoms with Gasteiger partial charge in [0, 0.05) is 0 Å². The lowest BCUT2D eigenvalue weighted by Gasteiger charge is -2.27. The number of carbonyl (C=O) groups excluding carboxylic acids is 2.